The van der Waals surface area contributed by atoms with Crippen LogP contribution in [0.5, 0.6) is 0 Å². The molecule has 90 valence electrons. The number of aromatic nitrogens is 1. The van der Waals surface area contributed by atoms with E-state index in [-0.39, 0.29) is 5.82 Å². The molecule has 0 saturated heterocycles. The maximum atomic E-state index is 13.7. The van der Waals surface area contributed by atoms with Crippen LogP contribution in [0.3, 0.4) is 0 Å². The Kier molecular flexibility index (Phi) is 3.86. The van der Waals surface area contributed by atoms with Gasteiger partial charge in [0.1, 0.15) is 10.8 Å². The molecule has 0 aliphatic carbocycles. The molecular formula is C13H15FN2S. The third-order valence-electron chi connectivity index (χ3n) is 2.55. The number of rotatable bonds is 4. The molecule has 0 saturated carbocycles. The van der Waals surface area contributed by atoms with E-state index in [1.165, 1.54) is 10.9 Å². The van der Waals surface area contributed by atoms with Crippen molar-refractivity contribution in [2.75, 3.05) is 7.05 Å². The number of hydrogen-bond acceptors (Lipinski definition) is 3. The molecule has 1 aromatic heterocycles. The molecule has 0 fully saturated rings. The highest BCUT2D eigenvalue weighted by Gasteiger charge is 2.13. The van der Waals surface area contributed by atoms with Gasteiger partial charge in [-0.25, -0.2) is 9.37 Å². The fourth-order valence-corrected chi connectivity index (χ4v) is 2.90. The minimum absolute atomic E-state index is 0.208. The van der Waals surface area contributed by atoms with Crippen LogP contribution in [0.1, 0.15) is 17.5 Å². The van der Waals surface area contributed by atoms with Gasteiger partial charge in [-0.2, -0.15) is 0 Å². The lowest BCUT2D eigenvalue weighted by Gasteiger charge is -1.96. The minimum atomic E-state index is -0.208. The highest BCUT2D eigenvalue weighted by Crippen LogP contribution is 2.30. The molecule has 0 radical (unpaired) electrons. The lowest BCUT2D eigenvalue weighted by molar-refractivity contribution is 0.631. The van der Waals surface area contributed by atoms with Crippen LogP contribution in [-0.4, -0.2) is 12.0 Å². The zero-order valence-electron chi connectivity index (χ0n) is 9.96. The maximum Gasteiger partial charge on any atom is 0.133 e. The average molecular weight is 250 g/mol. The SMILES string of the molecule is CCc1nc(-c2ccccc2F)sc1CNC. The fourth-order valence-electron chi connectivity index (χ4n) is 1.71. The summed E-state index contributed by atoms with van der Waals surface area (Å²) in [6.45, 7) is 2.86. The van der Waals surface area contributed by atoms with Gasteiger partial charge < -0.3 is 5.32 Å². The number of nitrogens with zero attached hydrogens (tertiary/aromatic N) is 1. The maximum absolute atomic E-state index is 13.7. The summed E-state index contributed by atoms with van der Waals surface area (Å²) in [5, 5.41) is 3.88. The normalized spacial score (nSPS) is 10.8. The predicted molar refractivity (Wildman–Crippen MR) is 69.6 cm³/mol. The fraction of sp³-hybridized carbons (Fsp3) is 0.308. The summed E-state index contributed by atoms with van der Waals surface area (Å²) in [5.74, 6) is -0.208. The van der Waals surface area contributed by atoms with Gasteiger partial charge >= 0.3 is 0 Å². The molecule has 0 spiro atoms. The first kappa shape index (κ1) is 12.2. The molecule has 4 heteroatoms. The van der Waals surface area contributed by atoms with Gasteiger partial charge in [0, 0.05) is 17.0 Å². The molecule has 1 aromatic carbocycles. The Labute approximate surface area is 105 Å². The van der Waals surface area contributed by atoms with Gasteiger partial charge in [-0.15, -0.1) is 11.3 Å². The monoisotopic (exact) mass is 250 g/mol. The summed E-state index contributed by atoms with van der Waals surface area (Å²) in [6.07, 6.45) is 0.877. The molecular weight excluding hydrogens is 235 g/mol. The van der Waals surface area contributed by atoms with Crippen molar-refractivity contribution < 1.29 is 4.39 Å². The zero-order chi connectivity index (χ0) is 12.3. The van der Waals surface area contributed by atoms with Crippen LogP contribution in [0, 0.1) is 5.82 Å². The molecule has 0 aliphatic rings. The molecule has 0 atom stereocenters. The van der Waals surface area contributed by atoms with Gasteiger partial charge in [0.25, 0.3) is 0 Å². The van der Waals surface area contributed by atoms with Crippen molar-refractivity contribution in [1.82, 2.24) is 10.3 Å². The van der Waals surface area contributed by atoms with Crippen LogP contribution in [0.4, 0.5) is 4.39 Å². The van der Waals surface area contributed by atoms with Crippen LogP contribution in [0.2, 0.25) is 0 Å². The number of halogens is 1. The highest BCUT2D eigenvalue weighted by molar-refractivity contribution is 7.15. The standard InChI is InChI=1S/C13H15FN2S/c1-3-11-12(8-15-2)17-13(16-11)9-6-4-5-7-10(9)14/h4-7,15H,3,8H2,1-2H3. The van der Waals surface area contributed by atoms with Crippen molar-refractivity contribution in [2.45, 2.75) is 19.9 Å². The van der Waals surface area contributed by atoms with E-state index >= 15 is 0 Å². The molecule has 1 heterocycles. The van der Waals surface area contributed by atoms with Gasteiger partial charge in [-0.1, -0.05) is 19.1 Å². The molecule has 0 unspecified atom stereocenters. The molecule has 0 bridgehead atoms. The second-order valence-corrected chi connectivity index (χ2v) is 4.84. The number of nitrogens with one attached hydrogen (secondary N) is 1. The van der Waals surface area contributed by atoms with Crippen LogP contribution in [0.25, 0.3) is 10.6 Å². The van der Waals surface area contributed by atoms with Crippen molar-refractivity contribution in [1.29, 1.82) is 0 Å². The Bertz CT molecular complexity index is 508. The van der Waals surface area contributed by atoms with Gasteiger partial charge in [0.05, 0.1) is 5.69 Å². The lowest BCUT2D eigenvalue weighted by atomic mass is 10.2. The molecule has 0 amide bonds. The van der Waals surface area contributed by atoms with E-state index in [9.17, 15) is 4.39 Å². The van der Waals surface area contributed by atoms with Gasteiger partial charge in [-0.05, 0) is 25.6 Å². The Hall–Kier alpha value is -1.26. The first-order chi connectivity index (χ1) is 8.26. The summed E-state index contributed by atoms with van der Waals surface area (Å²) >= 11 is 1.56. The quantitative estimate of drug-likeness (QED) is 0.901. The van der Waals surface area contributed by atoms with Crippen LogP contribution in [-0.2, 0) is 13.0 Å². The summed E-state index contributed by atoms with van der Waals surface area (Å²) in [6, 6.07) is 6.78. The molecule has 2 rings (SSSR count). The number of benzene rings is 1. The minimum Gasteiger partial charge on any atom is -0.315 e. The van der Waals surface area contributed by atoms with Crippen molar-refractivity contribution in [3.8, 4) is 10.6 Å². The number of thiazole rings is 1. The van der Waals surface area contributed by atoms with E-state index in [2.05, 4.69) is 17.2 Å². The van der Waals surface area contributed by atoms with Crippen molar-refractivity contribution in [2.24, 2.45) is 0 Å². The number of aryl methyl sites for hydroxylation is 1. The van der Waals surface area contributed by atoms with Crippen molar-refractivity contribution >= 4 is 11.3 Å². The third kappa shape index (κ3) is 2.53. The van der Waals surface area contributed by atoms with E-state index in [1.807, 2.05) is 13.1 Å². The van der Waals surface area contributed by atoms with Gasteiger partial charge in [0.15, 0.2) is 0 Å². The van der Waals surface area contributed by atoms with E-state index < -0.39 is 0 Å². The van der Waals surface area contributed by atoms with Gasteiger partial charge in [0.2, 0.25) is 0 Å². The van der Waals surface area contributed by atoms with E-state index in [0.29, 0.717) is 5.56 Å². The highest BCUT2D eigenvalue weighted by atomic mass is 32.1. The van der Waals surface area contributed by atoms with Crippen LogP contribution < -0.4 is 5.32 Å². The first-order valence-electron chi connectivity index (χ1n) is 5.64. The largest absolute Gasteiger partial charge is 0.315 e. The van der Waals surface area contributed by atoms with E-state index in [1.54, 1.807) is 23.5 Å². The second-order valence-electron chi connectivity index (χ2n) is 3.75. The summed E-state index contributed by atoms with van der Waals surface area (Å²) in [4.78, 5) is 5.71. The number of hydrogen-bond donors (Lipinski definition) is 1. The lowest BCUT2D eigenvalue weighted by Crippen LogP contribution is -2.05. The molecule has 2 aromatic rings. The predicted octanol–water partition coefficient (Wildman–Crippen LogP) is 3.23. The Morgan fingerprint density at radius 1 is 1.35 bits per heavy atom. The summed E-state index contributed by atoms with van der Waals surface area (Å²) in [7, 11) is 1.90. The van der Waals surface area contributed by atoms with Crippen LogP contribution >= 0.6 is 11.3 Å². The molecule has 0 aliphatic heterocycles. The Morgan fingerprint density at radius 2 is 2.12 bits per heavy atom. The summed E-state index contributed by atoms with van der Waals surface area (Å²) < 4.78 is 13.7. The molecule has 2 nitrogen and oxygen atoms in total. The topological polar surface area (TPSA) is 24.9 Å². The first-order valence-corrected chi connectivity index (χ1v) is 6.46. The second kappa shape index (κ2) is 5.38. The smallest absolute Gasteiger partial charge is 0.133 e. The summed E-state index contributed by atoms with van der Waals surface area (Å²) in [5.41, 5.74) is 1.65. The van der Waals surface area contributed by atoms with Gasteiger partial charge in [-0.3, -0.25) is 0 Å². The van der Waals surface area contributed by atoms with Crippen molar-refractivity contribution in [3.63, 3.8) is 0 Å². The Morgan fingerprint density at radius 3 is 2.76 bits per heavy atom. The zero-order valence-corrected chi connectivity index (χ0v) is 10.8. The van der Waals surface area contributed by atoms with Crippen molar-refractivity contribution in [3.05, 3.63) is 40.7 Å². The van der Waals surface area contributed by atoms with E-state index in [0.717, 1.165) is 23.7 Å². The average Bonchev–Trinajstić information content (AvgIpc) is 2.73. The third-order valence-corrected chi connectivity index (χ3v) is 3.69. The molecule has 1 N–H and O–H groups in total. The van der Waals surface area contributed by atoms with E-state index in [4.69, 9.17) is 0 Å². The molecule has 17 heavy (non-hydrogen) atoms. The van der Waals surface area contributed by atoms with Crippen LogP contribution in [0.15, 0.2) is 24.3 Å². The Balaban J connectivity index is 2.43.